The van der Waals surface area contributed by atoms with Gasteiger partial charge in [0.25, 0.3) is 5.56 Å². The molecule has 1 aromatic heterocycles. The van der Waals surface area contributed by atoms with Crippen LogP contribution < -0.4 is 5.56 Å². The molecule has 5 heteroatoms. The van der Waals surface area contributed by atoms with E-state index in [0.717, 1.165) is 10.9 Å². The molecule has 0 aliphatic heterocycles. The lowest BCUT2D eigenvalue weighted by Crippen LogP contribution is -2.24. The zero-order valence-electron chi connectivity index (χ0n) is 10.7. The Balaban J connectivity index is 2.74. The van der Waals surface area contributed by atoms with Gasteiger partial charge in [-0.2, -0.15) is 0 Å². The average Bonchev–Trinajstić information content (AvgIpc) is 2.35. The number of rotatable bonds is 3. The molecule has 0 unspecified atom stereocenters. The van der Waals surface area contributed by atoms with E-state index >= 15 is 0 Å². The van der Waals surface area contributed by atoms with E-state index in [-0.39, 0.29) is 18.4 Å². The summed E-state index contributed by atoms with van der Waals surface area (Å²) in [6, 6.07) is 5.45. The summed E-state index contributed by atoms with van der Waals surface area (Å²) in [5, 5.41) is 10.2. The second-order valence-corrected chi connectivity index (χ2v) is 4.90. The number of benzene rings is 1. The number of hydrogen-bond acceptors (Lipinski definition) is 2. The number of carboxylic acids is 1. The Morgan fingerprint density at radius 2 is 2.11 bits per heavy atom. The zero-order chi connectivity index (χ0) is 14.2. The largest absolute Gasteiger partial charge is 0.481 e. The molecule has 0 saturated carbocycles. The van der Waals surface area contributed by atoms with E-state index in [0.29, 0.717) is 16.1 Å². The maximum absolute atomic E-state index is 12.3. The van der Waals surface area contributed by atoms with Crippen molar-refractivity contribution in [3.8, 4) is 0 Å². The summed E-state index contributed by atoms with van der Waals surface area (Å²) in [5.74, 6) is -0.910. The molecule has 0 fully saturated rings. The molecule has 100 valence electrons. The predicted octanol–water partition coefficient (Wildman–Crippen LogP) is 2.52. The number of pyridine rings is 1. The Morgan fingerprint density at radius 1 is 1.42 bits per heavy atom. The minimum Gasteiger partial charge on any atom is -0.481 e. The third kappa shape index (κ3) is 2.36. The van der Waals surface area contributed by atoms with Crippen molar-refractivity contribution in [1.29, 1.82) is 0 Å². The molecule has 4 nitrogen and oxygen atoms in total. The van der Waals surface area contributed by atoms with Gasteiger partial charge in [0.05, 0.1) is 10.5 Å². The highest BCUT2D eigenvalue weighted by Gasteiger charge is 2.14. The molecular weight excluding hydrogens is 266 g/mol. The quantitative estimate of drug-likeness (QED) is 0.939. The Bertz CT molecular complexity index is 719. The van der Waals surface area contributed by atoms with E-state index in [4.69, 9.17) is 16.7 Å². The molecular formula is C14H14ClNO3. The number of aryl methyl sites for hydroxylation is 2. The highest BCUT2D eigenvalue weighted by molar-refractivity contribution is 6.35. The van der Waals surface area contributed by atoms with Crippen LogP contribution in [0.5, 0.6) is 0 Å². The van der Waals surface area contributed by atoms with Crippen LogP contribution in [-0.4, -0.2) is 15.6 Å². The van der Waals surface area contributed by atoms with Gasteiger partial charge >= 0.3 is 5.97 Å². The van der Waals surface area contributed by atoms with Gasteiger partial charge < -0.3 is 9.67 Å². The third-order valence-electron chi connectivity index (χ3n) is 3.33. The van der Waals surface area contributed by atoms with E-state index in [1.54, 1.807) is 13.1 Å². The first-order chi connectivity index (χ1) is 8.93. The number of aliphatic carboxylic acids is 1. The standard InChI is InChI=1S/C14H14ClNO3/c1-8-9-4-3-5-11(15)13(9)16(2)14(19)10(8)6-7-12(17)18/h3-5H,6-7H2,1-2H3,(H,17,18). The molecule has 2 aromatic rings. The third-order valence-corrected chi connectivity index (χ3v) is 3.64. The minimum absolute atomic E-state index is 0.0534. The molecule has 0 spiro atoms. The summed E-state index contributed by atoms with van der Waals surface area (Å²) < 4.78 is 1.49. The minimum atomic E-state index is -0.910. The molecule has 0 radical (unpaired) electrons. The summed E-state index contributed by atoms with van der Waals surface area (Å²) in [5.41, 5.74) is 1.85. The van der Waals surface area contributed by atoms with E-state index in [1.165, 1.54) is 4.57 Å². The van der Waals surface area contributed by atoms with E-state index in [9.17, 15) is 9.59 Å². The number of para-hydroxylation sites is 1. The molecule has 0 bridgehead atoms. The number of aromatic nitrogens is 1. The molecule has 0 aliphatic rings. The van der Waals surface area contributed by atoms with E-state index in [2.05, 4.69) is 0 Å². The highest BCUT2D eigenvalue weighted by atomic mass is 35.5. The van der Waals surface area contributed by atoms with Crippen LogP contribution in [0, 0.1) is 6.92 Å². The van der Waals surface area contributed by atoms with E-state index < -0.39 is 5.97 Å². The molecule has 0 atom stereocenters. The monoisotopic (exact) mass is 279 g/mol. The van der Waals surface area contributed by atoms with Crippen molar-refractivity contribution >= 4 is 28.5 Å². The molecule has 1 heterocycles. The van der Waals surface area contributed by atoms with Gasteiger partial charge in [-0.3, -0.25) is 9.59 Å². The van der Waals surface area contributed by atoms with Crippen LogP contribution in [0.25, 0.3) is 10.9 Å². The van der Waals surface area contributed by atoms with E-state index in [1.807, 2.05) is 19.1 Å². The summed E-state index contributed by atoms with van der Waals surface area (Å²) >= 11 is 6.13. The molecule has 19 heavy (non-hydrogen) atoms. The second-order valence-electron chi connectivity index (χ2n) is 4.50. The lowest BCUT2D eigenvalue weighted by atomic mass is 10.0. The highest BCUT2D eigenvalue weighted by Crippen LogP contribution is 2.25. The fraction of sp³-hybridized carbons (Fsp3) is 0.286. The zero-order valence-corrected chi connectivity index (χ0v) is 11.5. The van der Waals surface area contributed by atoms with Crippen LogP contribution in [0.1, 0.15) is 17.5 Å². The molecule has 1 N–H and O–H groups in total. The Hall–Kier alpha value is -1.81. The van der Waals surface area contributed by atoms with Gasteiger partial charge in [0, 0.05) is 24.4 Å². The van der Waals surface area contributed by atoms with Crippen molar-refractivity contribution in [2.24, 2.45) is 7.05 Å². The maximum Gasteiger partial charge on any atom is 0.303 e. The van der Waals surface area contributed by atoms with Crippen LogP contribution >= 0.6 is 11.6 Å². The van der Waals surface area contributed by atoms with Crippen molar-refractivity contribution in [1.82, 2.24) is 4.57 Å². The van der Waals surface area contributed by atoms with Crippen LogP contribution in [0.3, 0.4) is 0 Å². The van der Waals surface area contributed by atoms with Gasteiger partial charge in [-0.25, -0.2) is 0 Å². The molecule has 0 aliphatic carbocycles. The molecule has 0 amide bonds. The van der Waals surface area contributed by atoms with Crippen LogP contribution in [0.2, 0.25) is 5.02 Å². The number of hydrogen-bond donors (Lipinski definition) is 1. The van der Waals surface area contributed by atoms with Gasteiger partial charge in [0.1, 0.15) is 0 Å². The summed E-state index contributed by atoms with van der Waals surface area (Å²) in [6.07, 6.45) is 0.179. The van der Waals surface area contributed by atoms with Crippen molar-refractivity contribution < 1.29 is 9.90 Å². The van der Waals surface area contributed by atoms with Gasteiger partial charge in [0.15, 0.2) is 0 Å². The summed E-state index contributed by atoms with van der Waals surface area (Å²) in [7, 11) is 1.65. The number of fused-ring (bicyclic) bond motifs is 1. The number of carboxylic acid groups (broad SMARTS) is 1. The van der Waals surface area contributed by atoms with Crippen molar-refractivity contribution in [2.75, 3.05) is 0 Å². The second kappa shape index (κ2) is 5.05. The number of halogens is 1. The fourth-order valence-corrected chi connectivity index (χ4v) is 2.61. The SMILES string of the molecule is Cc1c(CCC(=O)O)c(=O)n(C)c2c(Cl)cccc12. The van der Waals surface area contributed by atoms with Gasteiger partial charge in [0.2, 0.25) is 0 Å². The van der Waals surface area contributed by atoms with Crippen LogP contribution in [0.15, 0.2) is 23.0 Å². The predicted molar refractivity (Wildman–Crippen MR) is 74.9 cm³/mol. The van der Waals surface area contributed by atoms with Crippen molar-refractivity contribution in [3.05, 3.63) is 44.7 Å². The van der Waals surface area contributed by atoms with Gasteiger partial charge in [-0.05, 0) is 25.0 Å². The van der Waals surface area contributed by atoms with Gasteiger partial charge in [-0.1, -0.05) is 23.7 Å². The lowest BCUT2D eigenvalue weighted by Gasteiger charge is -2.13. The number of carbonyl (C=O) groups is 1. The van der Waals surface area contributed by atoms with Gasteiger partial charge in [-0.15, -0.1) is 0 Å². The first kappa shape index (κ1) is 13.6. The first-order valence-electron chi connectivity index (χ1n) is 5.92. The van der Waals surface area contributed by atoms with Crippen LogP contribution in [0.4, 0.5) is 0 Å². The Labute approximate surface area is 115 Å². The average molecular weight is 280 g/mol. The van der Waals surface area contributed by atoms with Crippen molar-refractivity contribution in [3.63, 3.8) is 0 Å². The fourth-order valence-electron chi connectivity index (χ4n) is 2.31. The van der Waals surface area contributed by atoms with Crippen molar-refractivity contribution in [2.45, 2.75) is 19.8 Å². The lowest BCUT2D eigenvalue weighted by molar-refractivity contribution is -0.136. The number of nitrogens with zero attached hydrogens (tertiary/aromatic N) is 1. The maximum atomic E-state index is 12.3. The Kier molecular flexibility index (Phi) is 3.62. The molecule has 2 rings (SSSR count). The smallest absolute Gasteiger partial charge is 0.303 e. The molecule has 1 aromatic carbocycles. The topological polar surface area (TPSA) is 59.3 Å². The normalized spacial score (nSPS) is 10.9. The summed E-state index contributed by atoms with van der Waals surface area (Å²) in [6.45, 7) is 1.83. The van der Waals surface area contributed by atoms with Crippen LogP contribution in [-0.2, 0) is 18.3 Å². The Morgan fingerprint density at radius 3 is 2.74 bits per heavy atom. The first-order valence-corrected chi connectivity index (χ1v) is 6.29. The molecule has 0 saturated heterocycles. The summed E-state index contributed by atoms with van der Waals surface area (Å²) in [4.78, 5) is 22.9.